The Hall–Kier alpha value is -2.69. The molecule has 5 heteroatoms. The van der Waals surface area contributed by atoms with Gasteiger partial charge in [0.1, 0.15) is 13.2 Å². The van der Waals surface area contributed by atoms with Crippen LogP contribution < -0.4 is 20.5 Å². The third-order valence-electron chi connectivity index (χ3n) is 3.26. The number of rotatable bonds is 3. The van der Waals surface area contributed by atoms with Crippen LogP contribution in [0.2, 0.25) is 0 Å². The van der Waals surface area contributed by atoms with Crippen molar-refractivity contribution < 1.29 is 14.3 Å². The van der Waals surface area contributed by atoms with E-state index < -0.39 is 0 Å². The van der Waals surface area contributed by atoms with Crippen LogP contribution >= 0.6 is 0 Å². The molecule has 0 unspecified atom stereocenters. The molecule has 2 aromatic rings. The quantitative estimate of drug-likeness (QED) is 0.669. The van der Waals surface area contributed by atoms with Gasteiger partial charge in [-0.1, -0.05) is 0 Å². The van der Waals surface area contributed by atoms with E-state index in [1.54, 1.807) is 12.1 Å². The second-order valence-electron chi connectivity index (χ2n) is 4.84. The summed E-state index contributed by atoms with van der Waals surface area (Å²) >= 11 is 0. The van der Waals surface area contributed by atoms with Crippen molar-refractivity contribution in [2.75, 3.05) is 24.3 Å². The van der Waals surface area contributed by atoms with Gasteiger partial charge in [0.05, 0.1) is 0 Å². The first-order chi connectivity index (χ1) is 10.1. The third kappa shape index (κ3) is 2.76. The third-order valence-corrected chi connectivity index (χ3v) is 3.26. The van der Waals surface area contributed by atoms with Crippen LogP contribution in [0, 0.1) is 0 Å². The van der Waals surface area contributed by atoms with Crippen molar-refractivity contribution >= 4 is 22.8 Å². The lowest BCUT2D eigenvalue weighted by atomic mass is 10.1. The Kier molecular flexibility index (Phi) is 3.39. The lowest BCUT2D eigenvalue weighted by molar-refractivity contribution is 0.101. The Bertz CT molecular complexity index is 698. The normalized spacial score (nSPS) is 12.8. The molecular formula is C16H16N2O3. The Morgan fingerprint density at radius 2 is 1.71 bits per heavy atom. The second-order valence-corrected chi connectivity index (χ2v) is 4.84. The number of anilines is 3. The summed E-state index contributed by atoms with van der Waals surface area (Å²) in [5, 5.41) is 3.23. The maximum absolute atomic E-state index is 11.4. The van der Waals surface area contributed by atoms with Crippen LogP contribution in [0.1, 0.15) is 17.3 Å². The van der Waals surface area contributed by atoms with Crippen molar-refractivity contribution in [2.45, 2.75) is 6.92 Å². The number of carbonyl (C=O) groups is 1. The van der Waals surface area contributed by atoms with E-state index in [9.17, 15) is 4.79 Å². The molecule has 5 nitrogen and oxygen atoms in total. The van der Waals surface area contributed by atoms with Gasteiger partial charge in [0, 0.05) is 28.7 Å². The molecule has 0 aliphatic carbocycles. The van der Waals surface area contributed by atoms with Crippen LogP contribution in [0.4, 0.5) is 17.1 Å². The van der Waals surface area contributed by atoms with Gasteiger partial charge in [0.15, 0.2) is 17.3 Å². The van der Waals surface area contributed by atoms with Crippen molar-refractivity contribution in [1.82, 2.24) is 0 Å². The van der Waals surface area contributed by atoms with E-state index in [0.717, 1.165) is 22.9 Å². The molecule has 0 bridgehead atoms. The molecule has 1 aliphatic rings. The Morgan fingerprint density at radius 3 is 2.43 bits per heavy atom. The topological polar surface area (TPSA) is 73.6 Å². The molecular weight excluding hydrogens is 268 g/mol. The average molecular weight is 284 g/mol. The van der Waals surface area contributed by atoms with Gasteiger partial charge in [-0.2, -0.15) is 0 Å². The van der Waals surface area contributed by atoms with E-state index in [2.05, 4.69) is 5.32 Å². The monoisotopic (exact) mass is 284 g/mol. The number of hydrogen-bond donors (Lipinski definition) is 2. The highest BCUT2D eigenvalue weighted by atomic mass is 16.6. The number of nitrogen functional groups attached to an aromatic ring is 1. The molecule has 0 saturated carbocycles. The summed E-state index contributed by atoms with van der Waals surface area (Å²) in [5.74, 6) is 1.43. The number of Topliss-reactive ketones (excluding diaryl/α,β-unsaturated/α-hetero) is 1. The van der Waals surface area contributed by atoms with Crippen LogP contribution in [0.5, 0.6) is 11.5 Å². The zero-order chi connectivity index (χ0) is 14.8. The SMILES string of the molecule is CC(=O)c1ccc(Nc2ccc3c(c2)OCCO3)cc1N. The number of ether oxygens (including phenoxy) is 2. The summed E-state index contributed by atoms with van der Waals surface area (Å²) < 4.78 is 11.0. The average Bonchev–Trinajstić information content (AvgIpc) is 2.47. The molecule has 0 atom stereocenters. The first kappa shape index (κ1) is 13.3. The maximum Gasteiger partial charge on any atom is 0.163 e. The van der Waals surface area contributed by atoms with Gasteiger partial charge in [-0.3, -0.25) is 4.79 Å². The molecule has 0 saturated heterocycles. The highest BCUT2D eigenvalue weighted by Crippen LogP contribution is 2.33. The largest absolute Gasteiger partial charge is 0.486 e. The van der Waals surface area contributed by atoms with E-state index in [0.29, 0.717) is 24.5 Å². The molecule has 21 heavy (non-hydrogen) atoms. The lowest BCUT2D eigenvalue weighted by Crippen LogP contribution is -2.15. The summed E-state index contributed by atoms with van der Waals surface area (Å²) in [6.45, 7) is 2.62. The minimum atomic E-state index is -0.0432. The molecule has 0 amide bonds. The fourth-order valence-electron chi connectivity index (χ4n) is 2.25. The molecule has 3 rings (SSSR count). The van der Waals surface area contributed by atoms with Gasteiger partial charge in [0.2, 0.25) is 0 Å². The van der Waals surface area contributed by atoms with Crippen LogP contribution in [0.15, 0.2) is 36.4 Å². The fourth-order valence-corrected chi connectivity index (χ4v) is 2.25. The number of hydrogen-bond acceptors (Lipinski definition) is 5. The zero-order valence-corrected chi connectivity index (χ0v) is 11.7. The molecule has 0 fully saturated rings. The van der Waals surface area contributed by atoms with E-state index >= 15 is 0 Å². The number of fused-ring (bicyclic) bond motifs is 1. The standard InChI is InChI=1S/C16H16N2O3/c1-10(19)13-4-2-11(8-14(13)17)18-12-3-5-15-16(9-12)21-7-6-20-15/h2-5,8-9,18H,6-7,17H2,1H3. The molecule has 1 aliphatic heterocycles. The van der Waals surface area contributed by atoms with E-state index in [1.165, 1.54) is 6.92 Å². The minimum absolute atomic E-state index is 0.0432. The molecule has 2 aromatic carbocycles. The highest BCUT2D eigenvalue weighted by Gasteiger charge is 2.12. The lowest BCUT2D eigenvalue weighted by Gasteiger charge is -2.19. The molecule has 108 valence electrons. The number of carbonyl (C=O) groups excluding carboxylic acids is 1. The van der Waals surface area contributed by atoms with Crippen molar-refractivity contribution in [3.8, 4) is 11.5 Å². The summed E-state index contributed by atoms with van der Waals surface area (Å²) in [4.78, 5) is 11.4. The van der Waals surface area contributed by atoms with Crippen LogP contribution in [-0.4, -0.2) is 19.0 Å². The van der Waals surface area contributed by atoms with E-state index in [4.69, 9.17) is 15.2 Å². The number of ketones is 1. The number of nitrogens with two attached hydrogens (primary N) is 1. The maximum atomic E-state index is 11.4. The highest BCUT2D eigenvalue weighted by molar-refractivity contribution is 5.99. The van der Waals surface area contributed by atoms with E-state index in [1.807, 2.05) is 24.3 Å². The summed E-state index contributed by atoms with van der Waals surface area (Å²) in [5.41, 5.74) is 8.56. The zero-order valence-electron chi connectivity index (χ0n) is 11.7. The molecule has 1 heterocycles. The Morgan fingerprint density at radius 1 is 1.05 bits per heavy atom. The van der Waals surface area contributed by atoms with E-state index in [-0.39, 0.29) is 5.78 Å². The van der Waals surface area contributed by atoms with Gasteiger partial charge in [-0.25, -0.2) is 0 Å². The first-order valence-corrected chi connectivity index (χ1v) is 6.70. The van der Waals surface area contributed by atoms with Gasteiger partial charge in [-0.05, 0) is 37.3 Å². The molecule has 0 spiro atoms. The van der Waals surface area contributed by atoms with Gasteiger partial charge >= 0.3 is 0 Å². The van der Waals surface area contributed by atoms with Crippen molar-refractivity contribution in [2.24, 2.45) is 0 Å². The van der Waals surface area contributed by atoms with Crippen LogP contribution in [0.25, 0.3) is 0 Å². The van der Waals surface area contributed by atoms with Crippen LogP contribution in [-0.2, 0) is 0 Å². The minimum Gasteiger partial charge on any atom is -0.486 e. The fraction of sp³-hybridized carbons (Fsp3) is 0.188. The second kappa shape index (κ2) is 5.36. The molecule has 3 N–H and O–H groups in total. The van der Waals surface area contributed by atoms with Crippen LogP contribution in [0.3, 0.4) is 0 Å². The smallest absolute Gasteiger partial charge is 0.163 e. The number of benzene rings is 2. The Labute approximate surface area is 122 Å². The number of nitrogens with one attached hydrogen (secondary N) is 1. The van der Waals surface area contributed by atoms with Crippen molar-refractivity contribution in [1.29, 1.82) is 0 Å². The van der Waals surface area contributed by atoms with Gasteiger partial charge in [0.25, 0.3) is 0 Å². The van der Waals surface area contributed by atoms with Gasteiger partial charge in [-0.15, -0.1) is 0 Å². The first-order valence-electron chi connectivity index (χ1n) is 6.70. The van der Waals surface area contributed by atoms with Crippen molar-refractivity contribution in [3.63, 3.8) is 0 Å². The summed E-state index contributed by atoms with van der Waals surface area (Å²) in [6.07, 6.45) is 0. The molecule has 0 radical (unpaired) electrons. The predicted octanol–water partition coefficient (Wildman–Crippen LogP) is 2.99. The van der Waals surface area contributed by atoms with Gasteiger partial charge < -0.3 is 20.5 Å². The Balaban J connectivity index is 1.83. The predicted molar refractivity (Wildman–Crippen MR) is 81.6 cm³/mol. The summed E-state index contributed by atoms with van der Waals surface area (Å²) in [6, 6.07) is 10.9. The molecule has 0 aromatic heterocycles. The summed E-state index contributed by atoms with van der Waals surface area (Å²) in [7, 11) is 0. The van der Waals surface area contributed by atoms with Crippen molar-refractivity contribution in [3.05, 3.63) is 42.0 Å².